The largest absolute Gasteiger partial charge is 0.497 e. The second-order valence-corrected chi connectivity index (χ2v) is 9.49. The Bertz CT molecular complexity index is 990. The number of aryl methyl sites for hydroxylation is 1. The number of carbonyl (C=O) groups excluding carboxylic acids is 2. The number of nitrogens with zero attached hydrogens (tertiary/aromatic N) is 2. The van der Waals surface area contributed by atoms with E-state index < -0.39 is 6.04 Å². The molecule has 1 saturated heterocycles. The summed E-state index contributed by atoms with van der Waals surface area (Å²) in [6.07, 6.45) is 2.47. The van der Waals surface area contributed by atoms with Gasteiger partial charge in [-0.3, -0.25) is 14.5 Å². The zero-order chi connectivity index (χ0) is 24.1. The summed E-state index contributed by atoms with van der Waals surface area (Å²) in [4.78, 5) is 30.3. The minimum absolute atomic E-state index is 0.0730. The number of amides is 2. The topological polar surface area (TPSA) is 87.9 Å². The minimum Gasteiger partial charge on any atom is -0.497 e. The average Bonchev–Trinajstić information content (AvgIpc) is 3.61. The second-order valence-electron chi connectivity index (χ2n) is 9.49. The van der Waals surface area contributed by atoms with Crippen molar-refractivity contribution in [2.45, 2.75) is 51.4 Å². The van der Waals surface area contributed by atoms with Crippen LogP contribution in [-0.4, -0.2) is 60.4 Å². The van der Waals surface area contributed by atoms with Crippen LogP contribution in [0.25, 0.3) is 0 Å². The molecule has 0 aromatic heterocycles. The monoisotopic (exact) mass is 464 g/mol. The third-order valence-electron chi connectivity index (χ3n) is 6.78. The fourth-order valence-corrected chi connectivity index (χ4v) is 4.70. The first-order chi connectivity index (χ1) is 16.5. The van der Waals surface area contributed by atoms with Crippen LogP contribution in [0.1, 0.15) is 36.0 Å². The van der Waals surface area contributed by atoms with Crippen LogP contribution in [0.4, 0.5) is 0 Å². The maximum Gasteiger partial charge on any atom is 0.242 e. The van der Waals surface area contributed by atoms with E-state index in [-0.39, 0.29) is 23.8 Å². The predicted octanol–water partition coefficient (Wildman–Crippen LogP) is 2.46. The van der Waals surface area contributed by atoms with Crippen molar-refractivity contribution in [3.63, 3.8) is 0 Å². The van der Waals surface area contributed by atoms with Gasteiger partial charge in [0.05, 0.1) is 7.11 Å². The molecule has 3 N–H and O–H groups in total. The molecule has 7 nitrogen and oxygen atoms in total. The zero-order valence-electron chi connectivity index (χ0n) is 20.2. The molecule has 2 aliphatic rings. The van der Waals surface area contributed by atoms with Crippen LogP contribution < -0.4 is 15.8 Å². The van der Waals surface area contributed by atoms with Crippen molar-refractivity contribution in [3.8, 4) is 5.75 Å². The lowest BCUT2D eigenvalue weighted by Crippen LogP contribution is -2.47. The van der Waals surface area contributed by atoms with Gasteiger partial charge in [-0.1, -0.05) is 42.0 Å². The summed E-state index contributed by atoms with van der Waals surface area (Å²) in [6.45, 7) is 4.89. The molecule has 1 saturated carbocycles. The smallest absolute Gasteiger partial charge is 0.242 e. The molecule has 1 aliphatic heterocycles. The van der Waals surface area contributed by atoms with Crippen molar-refractivity contribution in [2.24, 2.45) is 11.7 Å². The summed E-state index contributed by atoms with van der Waals surface area (Å²) in [5, 5.41) is 2.91. The summed E-state index contributed by atoms with van der Waals surface area (Å²) in [6, 6.07) is 16.3. The first-order valence-electron chi connectivity index (χ1n) is 12.2. The van der Waals surface area contributed by atoms with Gasteiger partial charge in [0.1, 0.15) is 11.8 Å². The number of methoxy groups -OCH3 is 1. The third kappa shape index (κ3) is 5.96. The molecule has 2 atom stereocenters. The van der Waals surface area contributed by atoms with E-state index >= 15 is 0 Å². The summed E-state index contributed by atoms with van der Waals surface area (Å²) < 4.78 is 5.43. The van der Waals surface area contributed by atoms with Crippen LogP contribution in [-0.2, 0) is 22.7 Å². The highest BCUT2D eigenvalue weighted by atomic mass is 16.5. The molecule has 2 aromatic carbocycles. The zero-order valence-corrected chi connectivity index (χ0v) is 20.2. The van der Waals surface area contributed by atoms with Crippen LogP contribution in [0.5, 0.6) is 5.75 Å². The molecule has 2 aromatic rings. The summed E-state index contributed by atoms with van der Waals surface area (Å²) in [7, 11) is 1.67. The van der Waals surface area contributed by atoms with E-state index in [0.29, 0.717) is 32.6 Å². The maximum atomic E-state index is 13.1. The quantitative estimate of drug-likeness (QED) is 0.564. The highest BCUT2D eigenvalue weighted by molar-refractivity contribution is 5.90. The van der Waals surface area contributed by atoms with Gasteiger partial charge in [-0.15, -0.1) is 0 Å². The van der Waals surface area contributed by atoms with E-state index in [0.717, 1.165) is 30.7 Å². The first kappa shape index (κ1) is 24.2. The Morgan fingerprint density at radius 2 is 1.85 bits per heavy atom. The lowest BCUT2D eigenvalue weighted by molar-refractivity contribution is -0.139. The Labute approximate surface area is 202 Å². The van der Waals surface area contributed by atoms with Gasteiger partial charge in [-0.2, -0.15) is 0 Å². The van der Waals surface area contributed by atoms with E-state index in [4.69, 9.17) is 10.5 Å². The molecule has 182 valence electrons. The van der Waals surface area contributed by atoms with Crippen LogP contribution in [0.2, 0.25) is 0 Å². The van der Waals surface area contributed by atoms with Crippen LogP contribution >= 0.6 is 0 Å². The van der Waals surface area contributed by atoms with Crippen LogP contribution in [0.3, 0.4) is 0 Å². The van der Waals surface area contributed by atoms with Crippen LogP contribution in [0.15, 0.2) is 48.5 Å². The summed E-state index contributed by atoms with van der Waals surface area (Å²) >= 11 is 0. The molecule has 0 radical (unpaired) electrons. The Morgan fingerprint density at radius 1 is 1.12 bits per heavy atom. The van der Waals surface area contributed by atoms with Crippen molar-refractivity contribution < 1.29 is 14.3 Å². The summed E-state index contributed by atoms with van der Waals surface area (Å²) in [5.41, 5.74) is 9.17. The minimum atomic E-state index is -0.449. The Hall–Kier alpha value is -2.90. The van der Waals surface area contributed by atoms with Crippen LogP contribution in [0, 0.1) is 12.8 Å². The van der Waals surface area contributed by atoms with Gasteiger partial charge in [0, 0.05) is 44.7 Å². The maximum absolute atomic E-state index is 13.1. The molecule has 2 amide bonds. The first-order valence-corrected chi connectivity index (χ1v) is 12.2. The number of carbonyl (C=O) groups is 2. The molecular formula is C27H36N4O3. The molecule has 1 heterocycles. The molecule has 0 spiro atoms. The fraction of sp³-hybridized carbons (Fsp3) is 0.481. The molecule has 34 heavy (non-hydrogen) atoms. The van der Waals surface area contributed by atoms with Crippen molar-refractivity contribution in [2.75, 3.05) is 26.7 Å². The number of likely N-dealkylation sites (tertiary alicyclic amines) is 1. The molecule has 7 heteroatoms. The van der Waals surface area contributed by atoms with Crippen molar-refractivity contribution in [1.82, 2.24) is 15.1 Å². The van der Waals surface area contributed by atoms with Gasteiger partial charge in [0.25, 0.3) is 0 Å². The van der Waals surface area contributed by atoms with Crippen molar-refractivity contribution in [3.05, 3.63) is 65.2 Å². The number of nitrogens with one attached hydrogen (secondary N) is 1. The number of nitrogens with two attached hydrogens (primary N) is 1. The Kier molecular flexibility index (Phi) is 7.85. The van der Waals surface area contributed by atoms with Crippen molar-refractivity contribution in [1.29, 1.82) is 0 Å². The number of rotatable bonds is 10. The molecule has 2 fully saturated rings. The number of ether oxygens (including phenoxy) is 1. The SMILES string of the molecule is COc1cccc(CN(Cc2ccc(C)cc2)C2CC(C(=O)NCCN)N(C(=O)C3CC3)C2)c1. The van der Waals surface area contributed by atoms with Crippen molar-refractivity contribution >= 4 is 11.8 Å². The van der Waals surface area contributed by atoms with E-state index in [1.807, 2.05) is 17.0 Å². The van der Waals surface area contributed by atoms with E-state index in [1.54, 1.807) is 7.11 Å². The van der Waals surface area contributed by atoms with Gasteiger partial charge in [0.15, 0.2) is 0 Å². The van der Waals surface area contributed by atoms with Gasteiger partial charge < -0.3 is 20.7 Å². The van der Waals surface area contributed by atoms with Gasteiger partial charge in [-0.05, 0) is 49.4 Å². The van der Waals surface area contributed by atoms with Gasteiger partial charge >= 0.3 is 0 Å². The number of hydrogen-bond donors (Lipinski definition) is 2. The van der Waals surface area contributed by atoms with Gasteiger partial charge in [-0.25, -0.2) is 0 Å². The molecule has 1 aliphatic carbocycles. The van der Waals surface area contributed by atoms with E-state index in [2.05, 4.69) is 53.5 Å². The highest BCUT2D eigenvalue weighted by Gasteiger charge is 2.45. The molecule has 4 rings (SSSR count). The second kappa shape index (κ2) is 11.0. The van der Waals surface area contributed by atoms with Gasteiger partial charge in [0.2, 0.25) is 11.8 Å². The Balaban J connectivity index is 1.58. The fourth-order valence-electron chi connectivity index (χ4n) is 4.70. The highest BCUT2D eigenvalue weighted by Crippen LogP contribution is 2.35. The standard InChI is InChI=1S/C27H36N4O3/c1-19-6-8-20(9-7-19)16-30(17-21-4-3-5-24(14-21)34-2)23-15-25(26(32)29-13-12-28)31(18-23)27(33)22-10-11-22/h3-9,14,22-23,25H,10-13,15-18,28H2,1-2H3,(H,29,32). The summed E-state index contributed by atoms with van der Waals surface area (Å²) in [5.74, 6) is 0.918. The molecule has 2 unspecified atom stereocenters. The number of benzene rings is 2. The predicted molar refractivity (Wildman–Crippen MR) is 132 cm³/mol. The van der Waals surface area contributed by atoms with E-state index in [1.165, 1.54) is 11.1 Å². The molecule has 0 bridgehead atoms. The average molecular weight is 465 g/mol. The normalized spacial score (nSPS) is 19.9. The Morgan fingerprint density at radius 3 is 2.53 bits per heavy atom. The van der Waals surface area contributed by atoms with E-state index in [9.17, 15) is 9.59 Å². The third-order valence-corrected chi connectivity index (χ3v) is 6.78. The molecular weight excluding hydrogens is 428 g/mol. The lowest BCUT2D eigenvalue weighted by Gasteiger charge is -2.29. The lowest BCUT2D eigenvalue weighted by atomic mass is 10.1. The number of hydrogen-bond acceptors (Lipinski definition) is 5.